The van der Waals surface area contributed by atoms with Crippen molar-refractivity contribution in [2.24, 2.45) is 11.8 Å². The summed E-state index contributed by atoms with van der Waals surface area (Å²) in [6.07, 6.45) is 4.35. The van der Waals surface area contributed by atoms with Crippen molar-refractivity contribution in [2.75, 3.05) is 39.3 Å². The van der Waals surface area contributed by atoms with Crippen molar-refractivity contribution in [1.29, 1.82) is 0 Å². The number of rotatable bonds is 6. The van der Waals surface area contributed by atoms with Gasteiger partial charge in [-0.25, -0.2) is 9.82 Å². The number of halogens is 1. The molecule has 2 unspecified atom stereocenters. The summed E-state index contributed by atoms with van der Waals surface area (Å²) in [5.41, 5.74) is 7.64. The Hall–Kier alpha value is -1.54. The van der Waals surface area contributed by atoms with Gasteiger partial charge in [0.15, 0.2) is 0 Å². The number of carbonyl (C=O) groups is 1. The Balaban J connectivity index is 1.22. The maximum absolute atomic E-state index is 13.7. The highest BCUT2D eigenvalue weighted by molar-refractivity contribution is 5.78. The molecule has 7 heteroatoms. The third-order valence-corrected chi connectivity index (χ3v) is 7.20. The summed E-state index contributed by atoms with van der Waals surface area (Å²) in [6, 6.07) is 7.98. The zero-order valence-electron chi connectivity index (χ0n) is 18.9. The minimum absolute atomic E-state index is 0.157. The van der Waals surface area contributed by atoms with Crippen molar-refractivity contribution in [1.82, 2.24) is 26.0 Å². The van der Waals surface area contributed by atoms with E-state index in [1.54, 1.807) is 12.1 Å². The van der Waals surface area contributed by atoms with Gasteiger partial charge in [0.25, 0.3) is 0 Å². The number of amides is 1. The molecule has 0 aliphatic carbocycles. The van der Waals surface area contributed by atoms with Crippen LogP contribution in [0.1, 0.15) is 51.1 Å². The first-order valence-electron chi connectivity index (χ1n) is 12.0. The average molecular weight is 432 g/mol. The molecule has 3 fully saturated rings. The molecule has 3 aliphatic rings. The third kappa shape index (κ3) is 5.83. The van der Waals surface area contributed by atoms with Crippen LogP contribution in [0.15, 0.2) is 24.3 Å². The number of nitrogens with one attached hydrogen (secondary N) is 3. The van der Waals surface area contributed by atoms with Crippen LogP contribution in [0.5, 0.6) is 0 Å². The van der Waals surface area contributed by atoms with Crippen LogP contribution in [0.3, 0.4) is 0 Å². The standard InChI is InChI=1S/C24H38FN5O/c1-17(2)27-24(31)18-6-12-30(13-7-18)22-8-10-29(11-9-22)16-20-15-26-28-23(20)19-4-3-5-21(25)14-19/h3-5,14,17-18,20,22-23,26,28H,6-13,15-16H2,1-2H3,(H,27,31). The van der Waals surface area contributed by atoms with Gasteiger partial charge in [0.1, 0.15) is 5.82 Å². The van der Waals surface area contributed by atoms with E-state index in [0.29, 0.717) is 12.0 Å². The van der Waals surface area contributed by atoms with E-state index in [0.717, 1.165) is 57.7 Å². The highest BCUT2D eigenvalue weighted by Crippen LogP contribution is 2.28. The number of piperidine rings is 2. The SMILES string of the molecule is CC(C)NC(=O)C1CCN(C2CCN(CC3CNNC3c3cccc(F)c3)CC2)CC1. The topological polar surface area (TPSA) is 59.6 Å². The molecule has 0 bridgehead atoms. The van der Waals surface area contributed by atoms with Gasteiger partial charge in [0, 0.05) is 37.0 Å². The van der Waals surface area contributed by atoms with Crippen molar-refractivity contribution in [3.8, 4) is 0 Å². The lowest BCUT2D eigenvalue weighted by Crippen LogP contribution is -2.50. The van der Waals surface area contributed by atoms with Crippen molar-refractivity contribution in [3.63, 3.8) is 0 Å². The van der Waals surface area contributed by atoms with Crippen molar-refractivity contribution in [2.45, 2.75) is 57.7 Å². The number of benzene rings is 1. The van der Waals surface area contributed by atoms with Crippen LogP contribution in [-0.2, 0) is 4.79 Å². The Morgan fingerprint density at radius 2 is 1.90 bits per heavy atom. The van der Waals surface area contributed by atoms with Crippen molar-refractivity contribution in [3.05, 3.63) is 35.6 Å². The molecule has 3 N–H and O–H groups in total. The molecular weight excluding hydrogens is 393 g/mol. The van der Waals surface area contributed by atoms with Crippen LogP contribution in [0.4, 0.5) is 4.39 Å². The molecule has 3 aliphatic heterocycles. The van der Waals surface area contributed by atoms with Crippen LogP contribution in [-0.4, -0.2) is 67.1 Å². The van der Waals surface area contributed by atoms with Crippen LogP contribution < -0.4 is 16.2 Å². The quantitative estimate of drug-likeness (QED) is 0.645. The first-order valence-corrected chi connectivity index (χ1v) is 12.0. The lowest BCUT2D eigenvalue weighted by atomic mass is 9.91. The first kappa shape index (κ1) is 22.6. The number of likely N-dealkylation sites (tertiary alicyclic amines) is 2. The molecular formula is C24H38FN5O. The van der Waals surface area contributed by atoms with Crippen LogP contribution >= 0.6 is 0 Å². The van der Waals surface area contributed by atoms with Gasteiger partial charge in [0.05, 0.1) is 6.04 Å². The highest BCUT2D eigenvalue weighted by Gasteiger charge is 2.34. The van der Waals surface area contributed by atoms with E-state index < -0.39 is 0 Å². The summed E-state index contributed by atoms with van der Waals surface area (Å²) in [5, 5.41) is 3.07. The van der Waals surface area contributed by atoms with E-state index in [9.17, 15) is 9.18 Å². The largest absolute Gasteiger partial charge is 0.354 e. The lowest BCUT2D eigenvalue weighted by Gasteiger charge is -2.42. The fourth-order valence-electron chi connectivity index (χ4n) is 5.49. The summed E-state index contributed by atoms with van der Waals surface area (Å²) in [5.74, 6) is 0.682. The Morgan fingerprint density at radius 3 is 2.58 bits per heavy atom. The minimum atomic E-state index is -0.170. The van der Waals surface area contributed by atoms with Gasteiger partial charge >= 0.3 is 0 Å². The predicted molar refractivity (Wildman–Crippen MR) is 121 cm³/mol. The number of hydrazine groups is 1. The molecule has 2 atom stereocenters. The second kappa shape index (κ2) is 10.4. The fraction of sp³-hybridized carbons (Fsp3) is 0.708. The van der Waals surface area contributed by atoms with Gasteiger partial charge in [-0.2, -0.15) is 0 Å². The average Bonchev–Trinajstić information content (AvgIpc) is 3.22. The smallest absolute Gasteiger partial charge is 0.223 e. The summed E-state index contributed by atoms with van der Waals surface area (Å²) in [4.78, 5) is 17.5. The van der Waals surface area contributed by atoms with Gasteiger partial charge < -0.3 is 15.1 Å². The van der Waals surface area contributed by atoms with E-state index in [1.807, 2.05) is 19.9 Å². The Morgan fingerprint density at radius 1 is 1.16 bits per heavy atom. The Bertz CT molecular complexity index is 728. The fourth-order valence-corrected chi connectivity index (χ4v) is 5.49. The number of nitrogens with zero attached hydrogens (tertiary/aromatic N) is 2. The summed E-state index contributed by atoms with van der Waals surface area (Å²) >= 11 is 0. The van der Waals surface area contributed by atoms with Gasteiger partial charge in [-0.15, -0.1) is 0 Å². The molecule has 3 saturated heterocycles. The summed E-state index contributed by atoms with van der Waals surface area (Å²) < 4.78 is 13.7. The molecule has 1 aromatic rings. The molecule has 0 saturated carbocycles. The van der Waals surface area contributed by atoms with Gasteiger partial charge in [-0.05, 0) is 83.4 Å². The maximum atomic E-state index is 13.7. The predicted octanol–water partition coefficient (Wildman–Crippen LogP) is 2.29. The molecule has 1 amide bonds. The van der Waals surface area contributed by atoms with Gasteiger partial charge in [-0.1, -0.05) is 12.1 Å². The minimum Gasteiger partial charge on any atom is -0.354 e. The summed E-state index contributed by atoms with van der Waals surface area (Å²) in [6.45, 7) is 10.3. The molecule has 172 valence electrons. The molecule has 3 heterocycles. The third-order valence-electron chi connectivity index (χ3n) is 7.20. The zero-order valence-corrected chi connectivity index (χ0v) is 18.9. The van der Waals surface area contributed by atoms with E-state index in [-0.39, 0.29) is 29.7 Å². The normalized spacial score (nSPS) is 27.1. The van der Waals surface area contributed by atoms with Gasteiger partial charge in [0.2, 0.25) is 5.91 Å². The monoisotopic (exact) mass is 431 g/mol. The molecule has 0 radical (unpaired) electrons. The van der Waals surface area contributed by atoms with Crippen molar-refractivity contribution < 1.29 is 9.18 Å². The van der Waals surface area contributed by atoms with E-state index in [4.69, 9.17) is 0 Å². The Labute approximate surface area is 185 Å². The highest BCUT2D eigenvalue weighted by atomic mass is 19.1. The second-order valence-electron chi connectivity index (χ2n) is 9.82. The van der Waals surface area contributed by atoms with Gasteiger partial charge in [-0.3, -0.25) is 10.2 Å². The molecule has 31 heavy (non-hydrogen) atoms. The van der Waals surface area contributed by atoms with Crippen molar-refractivity contribution >= 4 is 5.91 Å². The molecule has 4 rings (SSSR count). The molecule has 1 aromatic carbocycles. The number of hydrogen-bond donors (Lipinski definition) is 3. The van der Waals surface area contributed by atoms with Crippen LogP contribution in [0.2, 0.25) is 0 Å². The number of hydrogen-bond acceptors (Lipinski definition) is 5. The first-order chi connectivity index (χ1) is 15.0. The molecule has 0 aromatic heterocycles. The maximum Gasteiger partial charge on any atom is 0.223 e. The van der Waals surface area contributed by atoms with E-state index in [1.165, 1.54) is 18.9 Å². The lowest BCUT2D eigenvalue weighted by molar-refractivity contribution is -0.127. The van der Waals surface area contributed by atoms with E-state index >= 15 is 0 Å². The van der Waals surface area contributed by atoms with Crippen LogP contribution in [0.25, 0.3) is 0 Å². The van der Waals surface area contributed by atoms with Crippen LogP contribution in [0, 0.1) is 17.7 Å². The number of carbonyl (C=O) groups excluding carboxylic acids is 1. The summed E-state index contributed by atoms with van der Waals surface area (Å²) in [7, 11) is 0. The van der Waals surface area contributed by atoms with E-state index in [2.05, 4.69) is 26.0 Å². The second-order valence-corrected chi connectivity index (χ2v) is 9.82. The molecule has 6 nitrogen and oxygen atoms in total. The zero-order chi connectivity index (χ0) is 21.8. The molecule has 0 spiro atoms. The Kier molecular flexibility index (Phi) is 7.59.